The predicted octanol–water partition coefficient (Wildman–Crippen LogP) is 3.04. The molecule has 0 fully saturated rings. The van der Waals surface area contributed by atoms with Crippen LogP contribution in [0, 0.1) is 19.7 Å². The maximum atomic E-state index is 13.0. The van der Waals surface area contributed by atoms with E-state index >= 15 is 0 Å². The minimum atomic E-state index is -0.332. The molecular weight excluding hydrogens is 271 g/mol. The van der Waals surface area contributed by atoms with Gasteiger partial charge >= 0.3 is 0 Å². The number of rotatable bonds is 4. The van der Waals surface area contributed by atoms with Crippen molar-refractivity contribution >= 4 is 17.3 Å². The van der Waals surface area contributed by atoms with E-state index in [9.17, 15) is 9.18 Å². The number of carbonyl (C=O) groups excluding carboxylic acids is 1. The number of nitrogens with two attached hydrogens (primary N) is 1. The van der Waals surface area contributed by atoms with Crippen LogP contribution in [0.15, 0.2) is 36.4 Å². The van der Waals surface area contributed by atoms with Gasteiger partial charge in [0, 0.05) is 11.4 Å². The molecule has 0 aliphatic rings. The zero-order valence-corrected chi connectivity index (χ0v) is 11.9. The summed E-state index contributed by atoms with van der Waals surface area (Å²) in [5.41, 5.74) is 8.51. The average molecular weight is 288 g/mol. The van der Waals surface area contributed by atoms with Gasteiger partial charge in [-0.15, -0.1) is 0 Å². The van der Waals surface area contributed by atoms with E-state index in [1.807, 2.05) is 6.92 Å². The third kappa shape index (κ3) is 3.95. The normalized spacial score (nSPS) is 10.2. The van der Waals surface area contributed by atoms with E-state index < -0.39 is 0 Å². The molecule has 0 saturated heterocycles. The Balaban J connectivity index is 1.96. The fourth-order valence-corrected chi connectivity index (χ4v) is 1.93. The Morgan fingerprint density at radius 3 is 2.62 bits per heavy atom. The van der Waals surface area contributed by atoms with Crippen LogP contribution in [0.25, 0.3) is 0 Å². The molecule has 21 heavy (non-hydrogen) atoms. The summed E-state index contributed by atoms with van der Waals surface area (Å²) in [6, 6.07) is 9.40. The van der Waals surface area contributed by atoms with Crippen LogP contribution in [0.1, 0.15) is 11.1 Å². The fraction of sp³-hybridized carbons (Fsp3) is 0.188. The topological polar surface area (TPSA) is 64.3 Å². The quantitative estimate of drug-likeness (QED) is 0.850. The van der Waals surface area contributed by atoms with E-state index in [2.05, 4.69) is 5.32 Å². The molecule has 0 unspecified atom stereocenters. The maximum Gasteiger partial charge on any atom is 0.262 e. The number of anilines is 2. The second kappa shape index (κ2) is 6.26. The van der Waals surface area contributed by atoms with Crippen LogP contribution in [-0.4, -0.2) is 12.5 Å². The van der Waals surface area contributed by atoms with Gasteiger partial charge in [-0.05, 0) is 61.4 Å². The maximum absolute atomic E-state index is 13.0. The number of ether oxygens (including phenoxy) is 1. The summed E-state index contributed by atoms with van der Waals surface area (Å²) in [6.45, 7) is 3.44. The first-order valence-corrected chi connectivity index (χ1v) is 6.50. The second-order valence-electron chi connectivity index (χ2n) is 4.82. The molecule has 0 aliphatic carbocycles. The van der Waals surface area contributed by atoms with E-state index in [-0.39, 0.29) is 18.3 Å². The highest BCUT2D eigenvalue weighted by Gasteiger charge is 2.07. The Bertz CT molecular complexity index is 671. The number of benzene rings is 2. The lowest BCUT2D eigenvalue weighted by Gasteiger charge is -2.11. The number of carbonyl (C=O) groups is 1. The summed E-state index contributed by atoms with van der Waals surface area (Å²) < 4.78 is 18.4. The molecule has 0 saturated carbocycles. The third-order valence-corrected chi connectivity index (χ3v) is 3.02. The molecule has 4 nitrogen and oxygen atoms in total. The minimum Gasteiger partial charge on any atom is -0.483 e. The van der Waals surface area contributed by atoms with Crippen molar-refractivity contribution in [1.82, 2.24) is 0 Å². The monoisotopic (exact) mass is 288 g/mol. The standard InChI is InChI=1S/C16H17FN2O2/c1-10-8-13(18)4-5-14(10)19-16(20)9-21-15-6-3-12(17)7-11(15)2/h3-8H,9,18H2,1-2H3,(H,19,20). The van der Waals surface area contributed by atoms with Crippen LogP contribution >= 0.6 is 0 Å². The Morgan fingerprint density at radius 2 is 1.95 bits per heavy atom. The molecule has 5 heteroatoms. The molecule has 0 aliphatic heterocycles. The average Bonchev–Trinajstić information content (AvgIpc) is 2.41. The predicted molar refractivity (Wildman–Crippen MR) is 80.9 cm³/mol. The number of aryl methyl sites for hydroxylation is 2. The van der Waals surface area contributed by atoms with Gasteiger partial charge in [0.1, 0.15) is 11.6 Å². The summed E-state index contributed by atoms with van der Waals surface area (Å²) in [5.74, 6) is -0.131. The van der Waals surface area contributed by atoms with Crippen molar-refractivity contribution in [3.63, 3.8) is 0 Å². The molecule has 0 spiro atoms. The molecule has 0 heterocycles. The van der Waals surface area contributed by atoms with E-state index in [4.69, 9.17) is 10.5 Å². The first kappa shape index (κ1) is 14.8. The molecule has 3 N–H and O–H groups in total. The highest BCUT2D eigenvalue weighted by molar-refractivity contribution is 5.92. The third-order valence-electron chi connectivity index (χ3n) is 3.02. The Kier molecular flexibility index (Phi) is 4.42. The van der Waals surface area contributed by atoms with Crippen molar-refractivity contribution in [3.05, 3.63) is 53.3 Å². The van der Waals surface area contributed by atoms with Crippen LogP contribution < -0.4 is 15.8 Å². The van der Waals surface area contributed by atoms with E-state index in [1.54, 1.807) is 25.1 Å². The zero-order chi connectivity index (χ0) is 15.4. The van der Waals surface area contributed by atoms with E-state index in [0.29, 0.717) is 22.7 Å². The van der Waals surface area contributed by atoms with Gasteiger partial charge in [0.15, 0.2) is 6.61 Å². The minimum absolute atomic E-state index is 0.143. The smallest absolute Gasteiger partial charge is 0.262 e. The van der Waals surface area contributed by atoms with Gasteiger partial charge in [0.05, 0.1) is 0 Å². The molecule has 0 bridgehead atoms. The van der Waals surface area contributed by atoms with Gasteiger partial charge in [-0.2, -0.15) is 0 Å². The molecule has 0 atom stereocenters. The van der Waals surface area contributed by atoms with Gasteiger partial charge in [0.25, 0.3) is 5.91 Å². The fourth-order valence-electron chi connectivity index (χ4n) is 1.93. The molecule has 2 aromatic rings. The lowest BCUT2D eigenvalue weighted by atomic mass is 10.2. The summed E-state index contributed by atoms with van der Waals surface area (Å²) in [4.78, 5) is 11.9. The summed E-state index contributed by atoms with van der Waals surface area (Å²) >= 11 is 0. The first-order chi connectivity index (χ1) is 9.95. The zero-order valence-electron chi connectivity index (χ0n) is 11.9. The van der Waals surface area contributed by atoms with Crippen molar-refractivity contribution in [2.75, 3.05) is 17.7 Å². The molecule has 2 rings (SSSR count). The Labute approximate surface area is 122 Å². The number of hydrogen-bond acceptors (Lipinski definition) is 3. The highest BCUT2D eigenvalue weighted by atomic mass is 19.1. The number of amides is 1. The first-order valence-electron chi connectivity index (χ1n) is 6.50. The number of nitrogens with one attached hydrogen (secondary N) is 1. The van der Waals surface area contributed by atoms with Crippen LogP contribution in [0.3, 0.4) is 0 Å². The van der Waals surface area contributed by atoms with Gasteiger partial charge in [-0.25, -0.2) is 4.39 Å². The van der Waals surface area contributed by atoms with Crippen LogP contribution in [-0.2, 0) is 4.79 Å². The Hall–Kier alpha value is -2.56. The number of halogens is 1. The molecule has 2 aromatic carbocycles. The largest absolute Gasteiger partial charge is 0.483 e. The van der Waals surface area contributed by atoms with Crippen LogP contribution in [0.5, 0.6) is 5.75 Å². The van der Waals surface area contributed by atoms with Gasteiger partial charge in [-0.1, -0.05) is 0 Å². The summed E-state index contributed by atoms with van der Waals surface area (Å²) in [5, 5.41) is 2.74. The van der Waals surface area contributed by atoms with Gasteiger partial charge in [0.2, 0.25) is 0 Å². The molecular formula is C16H17FN2O2. The van der Waals surface area contributed by atoms with Gasteiger partial charge in [-0.3, -0.25) is 4.79 Å². The van der Waals surface area contributed by atoms with E-state index in [1.165, 1.54) is 18.2 Å². The number of nitrogen functional groups attached to an aromatic ring is 1. The Morgan fingerprint density at radius 1 is 1.19 bits per heavy atom. The van der Waals surface area contributed by atoms with Crippen molar-refractivity contribution in [3.8, 4) is 5.75 Å². The second-order valence-corrected chi connectivity index (χ2v) is 4.82. The van der Waals surface area contributed by atoms with Crippen molar-refractivity contribution in [2.45, 2.75) is 13.8 Å². The highest BCUT2D eigenvalue weighted by Crippen LogP contribution is 2.19. The molecule has 0 radical (unpaired) electrons. The summed E-state index contributed by atoms with van der Waals surface area (Å²) in [7, 11) is 0. The number of hydrogen-bond donors (Lipinski definition) is 2. The molecule has 110 valence electrons. The lowest BCUT2D eigenvalue weighted by Crippen LogP contribution is -2.21. The lowest BCUT2D eigenvalue weighted by molar-refractivity contribution is -0.118. The summed E-state index contributed by atoms with van der Waals surface area (Å²) in [6.07, 6.45) is 0. The van der Waals surface area contributed by atoms with Crippen LogP contribution in [0.4, 0.5) is 15.8 Å². The van der Waals surface area contributed by atoms with Crippen molar-refractivity contribution in [2.24, 2.45) is 0 Å². The SMILES string of the molecule is Cc1cc(N)ccc1NC(=O)COc1ccc(F)cc1C. The van der Waals surface area contributed by atoms with Crippen molar-refractivity contribution < 1.29 is 13.9 Å². The van der Waals surface area contributed by atoms with Crippen molar-refractivity contribution in [1.29, 1.82) is 0 Å². The molecule has 0 aromatic heterocycles. The molecule has 1 amide bonds. The van der Waals surface area contributed by atoms with Gasteiger partial charge < -0.3 is 15.8 Å². The van der Waals surface area contributed by atoms with Crippen LogP contribution in [0.2, 0.25) is 0 Å². The van der Waals surface area contributed by atoms with E-state index in [0.717, 1.165) is 5.56 Å².